The largest absolute Gasteiger partial charge is 0.355 e. The molecule has 17 heavy (non-hydrogen) atoms. The van der Waals surface area contributed by atoms with Crippen LogP contribution in [0.1, 0.15) is 26.2 Å². The first-order valence-electron chi connectivity index (χ1n) is 6.37. The van der Waals surface area contributed by atoms with Gasteiger partial charge >= 0.3 is 0 Å². The van der Waals surface area contributed by atoms with Crippen molar-refractivity contribution in [3.05, 3.63) is 0 Å². The first kappa shape index (κ1) is 14.1. The second kappa shape index (κ2) is 8.20. The molecule has 0 radical (unpaired) electrons. The Balaban J connectivity index is 1.97. The van der Waals surface area contributed by atoms with Crippen LogP contribution >= 0.6 is 0 Å². The Morgan fingerprint density at radius 1 is 1.24 bits per heavy atom. The van der Waals surface area contributed by atoms with Crippen LogP contribution in [0.2, 0.25) is 0 Å². The lowest BCUT2D eigenvalue weighted by Gasteiger charge is -2.27. The maximum atomic E-state index is 11.4. The summed E-state index contributed by atoms with van der Waals surface area (Å²) in [4.78, 5) is 24.5. The zero-order valence-corrected chi connectivity index (χ0v) is 10.6. The number of piperazine rings is 1. The third-order valence-electron chi connectivity index (χ3n) is 2.89. The van der Waals surface area contributed by atoms with Crippen molar-refractivity contribution in [3.63, 3.8) is 0 Å². The van der Waals surface area contributed by atoms with Crippen molar-refractivity contribution < 1.29 is 9.59 Å². The molecular formula is C12H23N3O2. The summed E-state index contributed by atoms with van der Waals surface area (Å²) in [5, 5.41) is 6.18. The molecule has 0 spiro atoms. The van der Waals surface area contributed by atoms with E-state index in [-0.39, 0.29) is 11.7 Å². The Kier molecular flexibility index (Phi) is 6.81. The van der Waals surface area contributed by atoms with Crippen molar-refractivity contribution in [2.75, 3.05) is 39.3 Å². The van der Waals surface area contributed by atoms with Crippen LogP contribution in [0.5, 0.6) is 0 Å². The van der Waals surface area contributed by atoms with E-state index in [0.29, 0.717) is 25.8 Å². The molecule has 1 saturated heterocycles. The summed E-state index contributed by atoms with van der Waals surface area (Å²) >= 11 is 0. The Morgan fingerprint density at radius 3 is 2.59 bits per heavy atom. The summed E-state index contributed by atoms with van der Waals surface area (Å²) in [5.74, 6) is 0.208. The zero-order chi connectivity index (χ0) is 12.5. The first-order chi connectivity index (χ1) is 8.18. The molecule has 1 rings (SSSR count). The molecule has 0 aromatic rings. The molecule has 5 nitrogen and oxygen atoms in total. The van der Waals surface area contributed by atoms with Gasteiger partial charge in [0, 0.05) is 52.1 Å². The van der Waals surface area contributed by atoms with Crippen molar-refractivity contribution in [3.8, 4) is 0 Å². The van der Waals surface area contributed by atoms with Gasteiger partial charge in [-0.2, -0.15) is 0 Å². The van der Waals surface area contributed by atoms with Crippen molar-refractivity contribution in [2.24, 2.45) is 0 Å². The van der Waals surface area contributed by atoms with Crippen LogP contribution < -0.4 is 10.6 Å². The van der Waals surface area contributed by atoms with Crippen molar-refractivity contribution in [1.82, 2.24) is 15.5 Å². The van der Waals surface area contributed by atoms with E-state index in [9.17, 15) is 9.59 Å². The molecule has 1 amide bonds. The molecule has 1 aliphatic heterocycles. The number of nitrogens with one attached hydrogen (secondary N) is 2. The van der Waals surface area contributed by atoms with Gasteiger partial charge in [0.25, 0.3) is 0 Å². The molecular weight excluding hydrogens is 218 g/mol. The quantitative estimate of drug-likeness (QED) is 0.646. The van der Waals surface area contributed by atoms with Gasteiger partial charge in [0.05, 0.1) is 0 Å². The van der Waals surface area contributed by atoms with Crippen LogP contribution in [0, 0.1) is 0 Å². The fraction of sp³-hybridized carbons (Fsp3) is 0.833. The number of rotatable bonds is 7. The van der Waals surface area contributed by atoms with Gasteiger partial charge in [-0.05, 0) is 13.3 Å². The Labute approximate surface area is 103 Å². The SMILES string of the molecule is CC(=O)CCCC(=O)NCCN1CCNCC1. The highest BCUT2D eigenvalue weighted by atomic mass is 16.1. The van der Waals surface area contributed by atoms with Crippen LogP contribution in [0.3, 0.4) is 0 Å². The smallest absolute Gasteiger partial charge is 0.220 e. The average molecular weight is 241 g/mol. The molecule has 1 heterocycles. The Morgan fingerprint density at radius 2 is 1.94 bits per heavy atom. The summed E-state index contributed by atoms with van der Waals surface area (Å²) < 4.78 is 0. The number of hydrogen-bond acceptors (Lipinski definition) is 4. The fourth-order valence-electron chi connectivity index (χ4n) is 1.87. The zero-order valence-electron chi connectivity index (χ0n) is 10.6. The minimum Gasteiger partial charge on any atom is -0.355 e. The third-order valence-corrected chi connectivity index (χ3v) is 2.89. The van der Waals surface area contributed by atoms with Crippen LogP contribution in [0.25, 0.3) is 0 Å². The Hall–Kier alpha value is -0.940. The maximum absolute atomic E-state index is 11.4. The first-order valence-corrected chi connectivity index (χ1v) is 6.37. The molecule has 0 atom stereocenters. The highest BCUT2D eigenvalue weighted by Crippen LogP contribution is 1.96. The number of carbonyl (C=O) groups is 2. The van der Waals surface area contributed by atoms with Crippen LogP contribution in [-0.2, 0) is 9.59 Å². The van der Waals surface area contributed by atoms with Gasteiger partial charge in [-0.15, -0.1) is 0 Å². The summed E-state index contributed by atoms with van der Waals surface area (Å²) in [6.45, 7) is 7.36. The highest BCUT2D eigenvalue weighted by molar-refractivity contribution is 5.78. The van der Waals surface area contributed by atoms with Gasteiger partial charge < -0.3 is 15.4 Å². The van der Waals surface area contributed by atoms with Gasteiger partial charge in [-0.3, -0.25) is 9.69 Å². The van der Waals surface area contributed by atoms with Gasteiger partial charge in [0.1, 0.15) is 5.78 Å². The molecule has 0 aromatic carbocycles. The van der Waals surface area contributed by atoms with Gasteiger partial charge in [0.15, 0.2) is 0 Å². The van der Waals surface area contributed by atoms with Crippen LogP contribution in [0.4, 0.5) is 0 Å². The minimum absolute atomic E-state index is 0.0568. The molecule has 0 aliphatic carbocycles. The molecule has 0 bridgehead atoms. The van der Waals surface area contributed by atoms with Crippen LogP contribution in [0.15, 0.2) is 0 Å². The monoisotopic (exact) mass is 241 g/mol. The van der Waals surface area contributed by atoms with Crippen molar-refractivity contribution in [1.29, 1.82) is 0 Å². The van der Waals surface area contributed by atoms with E-state index in [2.05, 4.69) is 15.5 Å². The number of ketones is 1. The summed E-state index contributed by atoms with van der Waals surface area (Å²) in [5.41, 5.74) is 0. The molecule has 1 fully saturated rings. The number of hydrogen-bond donors (Lipinski definition) is 2. The van der Waals surface area contributed by atoms with Crippen LogP contribution in [-0.4, -0.2) is 55.9 Å². The average Bonchev–Trinajstić information content (AvgIpc) is 2.30. The fourth-order valence-corrected chi connectivity index (χ4v) is 1.87. The summed E-state index contributed by atoms with van der Waals surface area (Å²) in [6.07, 6.45) is 1.63. The third kappa shape index (κ3) is 7.07. The lowest BCUT2D eigenvalue weighted by molar-refractivity contribution is -0.121. The molecule has 5 heteroatoms. The number of carbonyl (C=O) groups excluding carboxylic acids is 2. The van der Waals surface area contributed by atoms with Gasteiger partial charge in [0.2, 0.25) is 5.91 Å². The van der Waals surface area contributed by atoms with Crippen molar-refractivity contribution in [2.45, 2.75) is 26.2 Å². The predicted octanol–water partition coefficient (Wildman–Crippen LogP) is -0.233. The number of amides is 1. The normalized spacial score (nSPS) is 16.8. The summed E-state index contributed by atoms with van der Waals surface area (Å²) in [6, 6.07) is 0. The topological polar surface area (TPSA) is 61.4 Å². The summed E-state index contributed by atoms with van der Waals surface area (Å²) in [7, 11) is 0. The maximum Gasteiger partial charge on any atom is 0.220 e. The van der Waals surface area contributed by atoms with E-state index in [1.807, 2.05) is 0 Å². The Bertz CT molecular complexity index is 250. The molecule has 0 unspecified atom stereocenters. The standard InChI is InChI=1S/C12H23N3O2/c1-11(16)3-2-4-12(17)14-7-10-15-8-5-13-6-9-15/h13H,2-10H2,1H3,(H,14,17). The number of Topliss-reactive ketones (excluding diaryl/α,β-unsaturated/α-hetero) is 1. The van der Waals surface area contributed by atoms with Crippen molar-refractivity contribution >= 4 is 11.7 Å². The van der Waals surface area contributed by atoms with E-state index in [1.54, 1.807) is 6.92 Å². The van der Waals surface area contributed by atoms with E-state index in [4.69, 9.17) is 0 Å². The van der Waals surface area contributed by atoms with E-state index < -0.39 is 0 Å². The van der Waals surface area contributed by atoms with E-state index in [1.165, 1.54) is 0 Å². The second-order valence-electron chi connectivity index (χ2n) is 4.50. The van der Waals surface area contributed by atoms with Gasteiger partial charge in [-0.1, -0.05) is 0 Å². The highest BCUT2D eigenvalue weighted by Gasteiger charge is 2.09. The molecule has 1 aliphatic rings. The molecule has 0 aromatic heterocycles. The molecule has 2 N–H and O–H groups in total. The van der Waals surface area contributed by atoms with Gasteiger partial charge in [-0.25, -0.2) is 0 Å². The molecule has 98 valence electrons. The lowest BCUT2D eigenvalue weighted by atomic mass is 10.2. The predicted molar refractivity (Wildman–Crippen MR) is 66.9 cm³/mol. The van der Waals surface area contributed by atoms with E-state index >= 15 is 0 Å². The second-order valence-corrected chi connectivity index (χ2v) is 4.50. The number of nitrogens with zero attached hydrogens (tertiary/aromatic N) is 1. The lowest BCUT2D eigenvalue weighted by Crippen LogP contribution is -2.46. The molecule has 0 saturated carbocycles. The van der Waals surface area contributed by atoms with E-state index in [0.717, 1.165) is 32.7 Å². The minimum atomic E-state index is 0.0568.